The summed E-state index contributed by atoms with van der Waals surface area (Å²) in [6, 6.07) is 7.51. The third-order valence-electron chi connectivity index (χ3n) is 3.94. The third kappa shape index (κ3) is 4.63. The van der Waals surface area contributed by atoms with Gasteiger partial charge in [0.15, 0.2) is 0 Å². The number of nitrogens with one attached hydrogen (secondary N) is 2. The zero-order valence-electron chi connectivity index (χ0n) is 12.8. The van der Waals surface area contributed by atoms with Crippen LogP contribution in [0.25, 0.3) is 0 Å². The van der Waals surface area contributed by atoms with Crippen LogP contribution in [-0.4, -0.2) is 37.9 Å². The smallest absolute Gasteiger partial charge is 0.319 e. The van der Waals surface area contributed by atoms with Gasteiger partial charge in [0.2, 0.25) is 0 Å². The first-order valence-electron chi connectivity index (χ1n) is 7.55. The summed E-state index contributed by atoms with van der Waals surface area (Å²) in [5.74, 6) is 0.378. The first-order valence-corrected chi connectivity index (χ1v) is 7.55. The number of benzene rings is 1. The van der Waals surface area contributed by atoms with Crippen LogP contribution >= 0.6 is 0 Å². The van der Waals surface area contributed by atoms with Gasteiger partial charge in [0.25, 0.3) is 0 Å². The molecule has 1 aliphatic carbocycles. The van der Waals surface area contributed by atoms with E-state index in [9.17, 15) is 9.90 Å². The second kappa shape index (κ2) is 7.31. The number of hydrogen-bond acceptors (Lipinski definition) is 3. The van der Waals surface area contributed by atoms with Crippen molar-refractivity contribution in [1.82, 2.24) is 5.32 Å². The fourth-order valence-electron chi connectivity index (χ4n) is 2.82. The molecule has 0 saturated heterocycles. The van der Waals surface area contributed by atoms with Crippen molar-refractivity contribution in [3.8, 4) is 0 Å². The number of aliphatic hydroxyl groups excluding tert-OH is 1. The summed E-state index contributed by atoms with van der Waals surface area (Å²) in [4.78, 5) is 14.0. The molecule has 0 heterocycles. The van der Waals surface area contributed by atoms with Crippen LogP contribution in [0.15, 0.2) is 24.3 Å². The zero-order chi connectivity index (χ0) is 15.2. The lowest BCUT2D eigenvalue weighted by atomic mass is 9.87. The number of carbonyl (C=O) groups excluding carboxylic acids is 1. The number of para-hydroxylation sites is 2. The van der Waals surface area contributed by atoms with E-state index in [1.807, 2.05) is 43.3 Å². The molecule has 0 radical (unpaired) electrons. The standard InChI is InChI=1S/C16H25N3O2/c1-19(2)15-9-4-3-8-14(15)18-16(21)17-11-12-6-5-7-13(20)10-12/h3-4,8-9,12-13,20H,5-7,10-11H2,1-2H3,(H2,17,18,21). The molecule has 3 N–H and O–H groups in total. The average Bonchev–Trinajstić information content (AvgIpc) is 2.45. The summed E-state index contributed by atoms with van der Waals surface area (Å²) in [6.07, 6.45) is 3.58. The molecule has 1 saturated carbocycles. The van der Waals surface area contributed by atoms with Crippen LogP contribution in [0.4, 0.5) is 16.2 Å². The van der Waals surface area contributed by atoms with Crippen molar-refractivity contribution in [2.24, 2.45) is 5.92 Å². The van der Waals surface area contributed by atoms with E-state index < -0.39 is 0 Å². The Morgan fingerprint density at radius 2 is 2.10 bits per heavy atom. The highest BCUT2D eigenvalue weighted by molar-refractivity contribution is 5.93. The Bertz CT molecular complexity index is 476. The second-order valence-corrected chi connectivity index (χ2v) is 5.93. The molecule has 1 fully saturated rings. The highest BCUT2D eigenvalue weighted by Gasteiger charge is 2.20. The maximum atomic E-state index is 12.0. The Labute approximate surface area is 126 Å². The maximum absolute atomic E-state index is 12.0. The molecule has 2 rings (SSSR count). The zero-order valence-corrected chi connectivity index (χ0v) is 12.8. The maximum Gasteiger partial charge on any atom is 0.319 e. The molecule has 2 unspecified atom stereocenters. The molecule has 0 spiro atoms. The van der Waals surface area contributed by atoms with Crippen molar-refractivity contribution < 1.29 is 9.90 Å². The van der Waals surface area contributed by atoms with Crippen LogP contribution < -0.4 is 15.5 Å². The van der Waals surface area contributed by atoms with E-state index in [0.29, 0.717) is 12.5 Å². The topological polar surface area (TPSA) is 64.6 Å². The molecule has 21 heavy (non-hydrogen) atoms. The Morgan fingerprint density at radius 1 is 1.33 bits per heavy atom. The molecule has 2 amide bonds. The lowest BCUT2D eigenvalue weighted by Gasteiger charge is -2.26. The van der Waals surface area contributed by atoms with Gasteiger partial charge in [0.1, 0.15) is 0 Å². The van der Waals surface area contributed by atoms with Crippen LogP contribution in [0.1, 0.15) is 25.7 Å². The summed E-state index contributed by atoms with van der Waals surface area (Å²) in [5.41, 5.74) is 1.77. The summed E-state index contributed by atoms with van der Waals surface area (Å²) in [5, 5.41) is 15.4. The molecule has 116 valence electrons. The molecule has 0 bridgehead atoms. The fourth-order valence-corrected chi connectivity index (χ4v) is 2.82. The van der Waals surface area contributed by atoms with E-state index in [1.165, 1.54) is 0 Å². The minimum Gasteiger partial charge on any atom is -0.393 e. The number of hydrogen-bond donors (Lipinski definition) is 3. The Morgan fingerprint density at radius 3 is 2.81 bits per heavy atom. The number of rotatable bonds is 4. The van der Waals surface area contributed by atoms with Crippen molar-refractivity contribution in [2.75, 3.05) is 30.9 Å². The minimum absolute atomic E-state index is 0.190. The van der Waals surface area contributed by atoms with Crippen molar-refractivity contribution in [3.05, 3.63) is 24.3 Å². The fraction of sp³-hybridized carbons (Fsp3) is 0.562. The first kappa shape index (κ1) is 15.6. The molecule has 1 aromatic carbocycles. The molecule has 5 heteroatoms. The Kier molecular flexibility index (Phi) is 5.44. The van der Waals surface area contributed by atoms with Gasteiger partial charge in [0.05, 0.1) is 17.5 Å². The highest BCUT2D eigenvalue weighted by atomic mass is 16.3. The molecule has 1 aromatic rings. The average molecular weight is 291 g/mol. The molecular weight excluding hydrogens is 266 g/mol. The van der Waals surface area contributed by atoms with Gasteiger partial charge >= 0.3 is 6.03 Å². The van der Waals surface area contributed by atoms with Gasteiger partial charge < -0.3 is 20.6 Å². The summed E-state index contributed by atoms with van der Waals surface area (Å²) >= 11 is 0. The molecule has 0 aromatic heterocycles. The van der Waals surface area contributed by atoms with Gasteiger partial charge in [-0.2, -0.15) is 0 Å². The van der Waals surface area contributed by atoms with Gasteiger partial charge in [-0.15, -0.1) is 0 Å². The molecule has 1 aliphatic rings. The monoisotopic (exact) mass is 291 g/mol. The van der Waals surface area contributed by atoms with Gasteiger partial charge in [-0.1, -0.05) is 18.6 Å². The minimum atomic E-state index is -0.205. The van der Waals surface area contributed by atoms with Crippen LogP contribution in [0, 0.1) is 5.92 Å². The van der Waals surface area contributed by atoms with Crippen LogP contribution in [0.5, 0.6) is 0 Å². The van der Waals surface area contributed by atoms with E-state index in [-0.39, 0.29) is 12.1 Å². The molecule has 2 atom stereocenters. The van der Waals surface area contributed by atoms with Crippen molar-refractivity contribution in [2.45, 2.75) is 31.8 Å². The third-order valence-corrected chi connectivity index (χ3v) is 3.94. The van der Waals surface area contributed by atoms with Crippen LogP contribution in [0.3, 0.4) is 0 Å². The second-order valence-electron chi connectivity index (χ2n) is 5.93. The number of urea groups is 1. The summed E-state index contributed by atoms with van der Waals surface area (Å²) < 4.78 is 0. The van der Waals surface area contributed by atoms with E-state index in [0.717, 1.165) is 37.1 Å². The Hall–Kier alpha value is -1.75. The number of nitrogens with zero attached hydrogens (tertiary/aromatic N) is 1. The van der Waals surface area contributed by atoms with Gasteiger partial charge in [-0.25, -0.2) is 4.79 Å². The normalized spacial score (nSPS) is 21.7. The van der Waals surface area contributed by atoms with Crippen LogP contribution in [0.2, 0.25) is 0 Å². The van der Waals surface area contributed by atoms with E-state index in [1.54, 1.807) is 0 Å². The first-order chi connectivity index (χ1) is 10.1. The number of anilines is 2. The lowest BCUT2D eigenvalue weighted by molar-refractivity contribution is 0.101. The van der Waals surface area contributed by atoms with Gasteiger partial charge in [-0.3, -0.25) is 0 Å². The number of aliphatic hydroxyl groups is 1. The Balaban J connectivity index is 1.84. The molecule has 0 aliphatic heterocycles. The van der Waals surface area contributed by atoms with E-state index in [2.05, 4.69) is 10.6 Å². The van der Waals surface area contributed by atoms with Crippen molar-refractivity contribution in [3.63, 3.8) is 0 Å². The summed E-state index contributed by atoms with van der Waals surface area (Å²) in [7, 11) is 3.89. The van der Waals surface area contributed by atoms with E-state index in [4.69, 9.17) is 0 Å². The number of carbonyl (C=O) groups is 1. The SMILES string of the molecule is CN(C)c1ccccc1NC(=O)NCC1CCCC(O)C1. The predicted molar refractivity (Wildman–Crippen MR) is 85.8 cm³/mol. The van der Waals surface area contributed by atoms with Crippen molar-refractivity contribution >= 4 is 17.4 Å². The van der Waals surface area contributed by atoms with Gasteiger partial charge in [0, 0.05) is 20.6 Å². The summed E-state index contributed by atoms with van der Waals surface area (Å²) in [6.45, 7) is 0.618. The van der Waals surface area contributed by atoms with Crippen LogP contribution in [-0.2, 0) is 0 Å². The van der Waals surface area contributed by atoms with Crippen molar-refractivity contribution in [1.29, 1.82) is 0 Å². The highest BCUT2D eigenvalue weighted by Crippen LogP contribution is 2.24. The predicted octanol–water partition coefficient (Wildman–Crippen LogP) is 2.43. The number of amides is 2. The van der Waals surface area contributed by atoms with E-state index >= 15 is 0 Å². The van der Waals surface area contributed by atoms with Gasteiger partial charge in [-0.05, 0) is 37.3 Å². The molecule has 5 nitrogen and oxygen atoms in total. The largest absolute Gasteiger partial charge is 0.393 e. The lowest BCUT2D eigenvalue weighted by Crippen LogP contribution is -2.35. The quantitative estimate of drug-likeness (QED) is 0.798. The molecular formula is C16H25N3O2.